The van der Waals surface area contributed by atoms with Gasteiger partial charge in [-0.3, -0.25) is 4.98 Å². The number of ether oxygens (including phenoxy) is 2. The van der Waals surface area contributed by atoms with Crippen LogP contribution in [0, 0.1) is 0 Å². The molecule has 0 bridgehead atoms. The monoisotopic (exact) mass is 341 g/mol. The van der Waals surface area contributed by atoms with Gasteiger partial charge in [0.05, 0.1) is 12.2 Å². The molecule has 1 aromatic carbocycles. The van der Waals surface area contributed by atoms with Gasteiger partial charge in [0.25, 0.3) is 0 Å². The van der Waals surface area contributed by atoms with E-state index in [1.54, 1.807) is 17.3 Å². The molecule has 1 aliphatic heterocycles. The molecule has 2 amide bonds. The Bertz CT molecular complexity index is 681. The molecule has 132 valence electrons. The van der Waals surface area contributed by atoms with Gasteiger partial charge >= 0.3 is 6.03 Å². The van der Waals surface area contributed by atoms with Gasteiger partial charge in [0.15, 0.2) is 0 Å². The van der Waals surface area contributed by atoms with Crippen LogP contribution in [0.5, 0.6) is 5.75 Å². The van der Waals surface area contributed by atoms with E-state index in [4.69, 9.17) is 9.47 Å². The summed E-state index contributed by atoms with van der Waals surface area (Å²) >= 11 is 0. The third-order valence-electron chi connectivity index (χ3n) is 3.94. The Kier molecular flexibility index (Phi) is 5.50. The molecule has 1 fully saturated rings. The van der Waals surface area contributed by atoms with Crippen molar-refractivity contribution in [3.05, 3.63) is 54.4 Å². The lowest BCUT2D eigenvalue weighted by molar-refractivity contribution is -0.0530. The molecule has 0 spiro atoms. The number of rotatable bonds is 4. The molecule has 0 radical (unpaired) electrons. The van der Waals surface area contributed by atoms with Crippen molar-refractivity contribution >= 4 is 11.7 Å². The zero-order valence-corrected chi connectivity index (χ0v) is 14.5. The fourth-order valence-electron chi connectivity index (χ4n) is 2.83. The summed E-state index contributed by atoms with van der Waals surface area (Å²) in [5.74, 6) is 0.746. The molecule has 3 rings (SSSR count). The lowest BCUT2D eigenvalue weighted by Gasteiger charge is -2.35. The maximum Gasteiger partial charge on any atom is 0.322 e. The van der Waals surface area contributed by atoms with Gasteiger partial charge < -0.3 is 19.7 Å². The molecule has 6 heteroatoms. The maximum atomic E-state index is 12.4. The van der Waals surface area contributed by atoms with Crippen LogP contribution in [0.4, 0.5) is 10.5 Å². The Morgan fingerprint density at radius 2 is 1.96 bits per heavy atom. The van der Waals surface area contributed by atoms with Crippen LogP contribution in [-0.2, 0) is 11.3 Å². The van der Waals surface area contributed by atoms with Crippen molar-refractivity contribution in [2.24, 2.45) is 0 Å². The van der Waals surface area contributed by atoms with Crippen LogP contribution in [0.15, 0.2) is 48.8 Å². The average Bonchev–Trinajstić information content (AvgIpc) is 2.61. The molecule has 0 unspecified atom stereocenters. The highest BCUT2D eigenvalue weighted by molar-refractivity contribution is 5.89. The van der Waals surface area contributed by atoms with E-state index in [1.807, 2.05) is 50.2 Å². The number of anilines is 1. The third kappa shape index (κ3) is 4.93. The van der Waals surface area contributed by atoms with Crippen LogP contribution >= 0.6 is 0 Å². The van der Waals surface area contributed by atoms with E-state index in [9.17, 15) is 4.79 Å². The van der Waals surface area contributed by atoms with E-state index >= 15 is 0 Å². The smallest absolute Gasteiger partial charge is 0.322 e. The summed E-state index contributed by atoms with van der Waals surface area (Å²) in [5.41, 5.74) is 1.75. The number of carbonyl (C=O) groups excluding carboxylic acids is 1. The molecule has 1 aliphatic rings. The number of nitrogens with one attached hydrogen (secondary N) is 1. The van der Waals surface area contributed by atoms with Crippen molar-refractivity contribution < 1.29 is 14.3 Å². The average molecular weight is 341 g/mol. The molecule has 2 atom stereocenters. The minimum absolute atomic E-state index is 0.0535. The van der Waals surface area contributed by atoms with Gasteiger partial charge in [0, 0.05) is 36.7 Å². The highest BCUT2D eigenvalue weighted by Crippen LogP contribution is 2.18. The minimum Gasteiger partial charge on any atom is -0.489 e. The van der Waals surface area contributed by atoms with Gasteiger partial charge in [-0.15, -0.1) is 0 Å². The van der Waals surface area contributed by atoms with Gasteiger partial charge in [-0.25, -0.2) is 4.79 Å². The van der Waals surface area contributed by atoms with Crippen molar-refractivity contribution in [3.63, 3.8) is 0 Å². The Morgan fingerprint density at radius 1 is 1.24 bits per heavy atom. The molecular weight excluding hydrogens is 318 g/mol. The second kappa shape index (κ2) is 7.98. The van der Waals surface area contributed by atoms with Crippen molar-refractivity contribution in [1.82, 2.24) is 9.88 Å². The van der Waals surface area contributed by atoms with Crippen LogP contribution in [0.1, 0.15) is 19.4 Å². The fourth-order valence-corrected chi connectivity index (χ4v) is 2.83. The number of amides is 2. The predicted molar refractivity (Wildman–Crippen MR) is 95.6 cm³/mol. The Balaban J connectivity index is 1.52. The van der Waals surface area contributed by atoms with Crippen molar-refractivity contribution in [1.29, 1.82) is 0 Å². The Morgan fingerprint density at radius 3 is 2.60 bits per heavy atom. The van der Waals surface area contributed by atoms with E-state index in [1.165, 1.54) is 0 Å². The number of aromatic nitrogens is 1. The van der Waals surface area contributed by atoms with E-state index in [0.29, 0.717) is 19.7 Å². The summed E-state index contributed by atoms with van der Waals surface area (Å²) in [6, 6.07) is 11.1. The van der Waals surface area contributed by atoms with Crippen LogP contribution in [0.3, 0.4) is 0 Å². The highest BCUT2D eigenvalue weighted by Gasteiger charge is 2.25. The lowest BCUT2D eigenvalue weighted by Crippen LogP contribution is -2.49. The van der Waals surface area contributed by atoms with Crippen LogP contribution in [-0.4, -0.2) is 41.2 Å². The number of morpholine rings is 1. The topological polar surface area (TPSA) is 63.7 Å². The minimum atomic E-state index is -0.106. The molecule has 2 aromatic rings. The van der Waals surface area contributed by atoms with Crippen molar-refractivity contribution in [2.75, 3.05) is 18.4 Å². The predicted octanol–water partition coefficient (Wildman–Crippen LogP) is 3.30. The molecule has 25 heavy (non-hydrogen) atoms. The second-order valence-corrected chi connectivity index (χ2v) is 6.27. The number of hydrogen-bond donors (Lipinski definition) is 1. The first-order valence-electron chi connectivity index (χ1n) is 8.43. The summed E-state index contributed by atoms with van der Waals surface area (Å²) in [7, 11) is 0. The van der Waals surface area contributed by atoms with Crippen molar-refractivity contribution in [3.8, 4) is 5.75 Å². The molecule has 1 saturated heterocycles. The van der Waals surface area contributed by atoms with Gasteiger partial charge in [-0.05, 0) is 44.2 Å². The summed E-state index contributed by atoms with van der Waals surface area (Å²) in [5, 5.41) is 2.92. The van der Waals surface area contributed by atoms with Crippen LogP contribution in [0.2, 0.25) is 0 Å². The molecule has 1 aromatic heterocycles. The Labute approximate surface area is 147 Å². The zero-order chi connectivity index (χ0) is 17.6. The maximum absolute atomic E-state index is 12.4. The first kappa shape index (κ1) is 17.2. The quantitative estimate of drug-likeness (QED) is 0.927. The molecule has 6 nitrogen and oxygen atoms in total. The highest BCUT2D eigenvalue weighted by atomic mass is 16.5. The number of nitrogens with zero attached hydrogens (tertiary/aromatic N) is 2. The molecule has 2 heterocycles. The van der Waals surface area contributed by atoms with E-state index in [2.05, 4.69) is 10.3 Å². The fraction of sp³-hybridized carbons (Fsp3) is 0.368. The normalized spacial score (nSPS) is 20.2. The number of pyridine rings is 1. The summed E-state index contributed by atoms with van der Waals surface area (Å²) in [6.07, 6.45) is 3.62. The second-order valence-electron chi connectivity index (χ2n) is 6.27. The molecule has 1 N–H and O–H groups in total. The molecular formula is C19H23N3O3. The van der Waals surface area contributed by atoms with Gasteiger partial charge in [-0.2, -0.15) is 0 Å². The summed E-state index contributed by atoms with van der Waals surface area (Å²) in [4.78, 5) is 18.2. The number of carbonyl (C=O) groups is 1. The van der Waals surface area contributed by atoms with Crippen molar-refractivity contribution in [2.45, 2.75) is 32.7 Å². The summed E-state index contributed by atoms with van der Waals surface area (Å²) < 4.78 is 11.4. The van der Waals surface area contributed by atoms with Gasteiger partial charge in [0.1, 0.15) is 12.4 Å². The Hall–Kier alpha value is -2.60. The van der Waals surface area contributed by atoms with Gasteiger partial charge in [-0.1, -0.05) is 6.07 Å². The number of urea groups is 1. The zero-order valence-electron chi connectivity index (χ0n) is 14.5. The standard InChI is InChI=1S/C19H23N3O3/c1-14-11-22(12-15(2)25-14)19(23)21-17-5-7-18(8-6-17)24-13-16-4-3-9-20-10-16/h3-10,14-15H,11-13H2,1-2H3,(H,21,23)/t14-,15-/m0/s1. The van der Waals surface area contributed by atoms with E-state index in [0.717, 1.165) is 17.0 Å². The molecule has 0 saturated carbocycles. The summed E-state index contributed by atoms with van der Waals surface area (Å²) in [6.45, 7) is 5.61. The van der Waals surface area contributed by atoms with Gasteiger partial charge in [0.2, 0.25) is 0 Å². The first-order valence-corrected chi connectivity index (χ1v) is 8.43. The lowest BCUT2D eigenvalue weighted by atomic mass is 10.2. The largest absolute Gasteiger partial charge is 0.489 e. The van der Waals surface area contributed by atoms with Crippen LogP contribution < -0.4 is 10.1 Å². The number of hydrogen-bond acceptors (Lipinski definition) is 4. The van der Waals surface area contributed by atoms with E-state index < -0.39 is 0 Å². The number of benzene rings is 1. The SMILES string of the molecule is C[C@H]1CN(C(=O)Nc2ccc(OCc3cccnc3)cc2)C[C@H](C)O1. The first-order chi connectivity index (χ1) is 12.1. The molecule has 0 aliphatic carbocycles. The third-order valence-corrected chi connectivity index (χ3v) is 3.94. The van der Waals surface area contributed by atoms with Crippen LogP contribution in [0.25, 0.3) is 0 Å². The van der Waals surface area contributed by atoms with E-state index in [-0.39, 0.29) is 18.2 Å².